The zero-order valence-electron chi connectivity index (χ0n) is 34.4. The van der Waals surface area contributed by atoms with Gasteiger partial charge in [0.1, 0.15) is 12.7 Å². The molecule has 1 unspecified atom stereocenters. The van der Waals surface area contributed by atoms with Gasteiger partial charge in [0.2, 0.25) is 0 Å². The van der Waals surface area contributed by atoms with Crippen molar-refractivity contribution in [2.75, 3.05) is 26.4 Å². The molecule has 0 aromatic rings. The first-order valence-corrected chi connectivity index (χ1v) is 22.7. The number of carbonyl (C=O) groups is 2. The second-order valence-corrected chi connectivity index (χ2v) is 15.5. The standard InChI is InChI=1S/C44H77O10P/c1-3-5-7-9-11-13-15-17-19-20-22-24-26-28-30-32-34-36-44(48)54-42(40-53-55(49,50)52-38-41(46)37-45)39-51-43(47)35-33-31-29-27-25-23-21-18-16-14-12-10-8-6-4-2/h17-19,21-22,24-25,27-28,30,41-42,45-46H,3-16,20,23,26,29,31-40H2,1-2H3,(H,49,50)/b19-17+,21-18+,24-22+,27-25+,30-28+/t41-,42+/m0/s1. The molecule has 0 fully saturated rings. The van der Waals surface area contributed by atoms with Crippen LogP contribution >= 0.6 is 7.82 Å². The first kappa shape index (κ1) is 52.7. The van der Waals surface area contributed by atoms with Crippen molar-refractivity contribution in [1.29, 1.82) is 0 Å². The third-order valence-electron chi connectivity index (χ3n) is 8.64. The molecule has 3 atom stereocenters. The average molecular weight is 797 g/mol. The molecule has 0 heterocycles. The molecule has 11 heteroatoms. The van der Waals surface area contributed by atoms with Crippen LogP contribution in [0.1, 0.15) is 168 Å². The SMILES string of the molecule is CCCCCCCC/C=C/C/C=C/C/C=C/CCCC(=O)O[C@H](COC(=O)CCCC/C=C/C/C=C/CCCCCCCC)COP(=O)(O)OC[C@@H](O)CO. The summed E-state index contributed by atoms with van der Waals surface area (Å²) in [5.74, 6) is -1.03. The molecular weight excluding hydrogens is 719 g/mol. The van der Waals surface area contributed by atoms with Gasteiger partial charge in [-0.1, -0.05) is 139 Å². The molecular formula is C44H77O10P. The maximum absolute atomic E-state index is 12.6. The van der Waals surface area contributed by atoms with E-state index in [9.17, 15) is 24.2 Å². The van der Waals surface area contributed by atoms with Crippen molar-refractivity contribution >= 4 is 19.8 Å². The Balaban J connectivity index is 4.46. The molecule has 0 amide bonds. The third kappa shape index (κ3) is 39.7. The van der Waals surface area contributed by atoms with E-state index in [1.165, 1.54) is 77.0 Å². The summed E-state index contributed by atoms with van der Waals surface area (Å²) in [7, 11) is -4.64. The number of aliphatic hydroxyl groups is 2. The molecule has 0 aliphatic rings. The number of phosphoric acid groups is 1. The van der Waals surface area contributed by atoms with Crippen molar-refractivity contribution in [3.05, 3.63) is 60.8 Å². The van der Waals surface area contributed by atoms with E-state index < -0.39 is 51.8 Å². The molecule has 0 rings (SSSR count). The van der Waals surface area contributed by atoms with E-state index in [0.29, 0.717) is 19.3 Å². The lowest BCUT2D eigenvalue weighted by atomic mass is 10.1. The summed E-state index contributed by atoms with van der Waals surface area (Å²) in [6.45, 7) is 2.26. The molecule has 10 nitrogen and oxygen atoms in total. The molecule has 0 aliphatic heterocycles. The Bertz CT molecular complexity index is 1100. The Morgan fingerprint density at radius 2 is 0.964 bits per heavy atom. The highest BCUT2D eigenvalue weighted by atomic mass is 31.2. The van der Waals surface area contributed by atoms with Crippen LogP contribution in [0.15, 0.2) is 60.8 Å². The van der Waals surface area contributed by atoms with E-state index in [2.05, 4.69) is 73.1 Å². The number of hydrogen-bond acceptors (Lipinski definition) is 9. The molecule has 318 valence electrons. The van der Waals surface area contributed by atoms with Crippen molar-refractivity contribution in [3.8, 4) is 0 Å². The molecule has 0 saturated carbocycles. The van der Waals surface area contributed by atoms with E-state index >= 15 is 0 Å². The highest BCUT2D eigenvalue weighted by Gasteiger charge is 2.27. The largest absolute Gasteiger partial charge is 0.472 e. The second kappa shape index (κ2) is 39.9. The molecule has 0 aromatic carbocycles. The van der Waals surface area contributed by atoms with E-state index in [1.807, 2.05) is 6.08 Å². The molecule has 55 heavy (non-hydrogen) atoms. The number of rotatable bonds is 39. The number of unbranched alkanes of at least 4 members (excludes halogenated alkanes) is 15. The Morgan fingerprint density at radius 3 is 1.47 bits per heavy atom. The Kier molecular flexibility index (Phi) is 38.2. The number of esters is 2. The van der Waals surface area contributed by atoms with Gasteiger partial charge in [0.15, 0.2) is 6.10 Å². The van der Waals surface area contributed by atoms with Crippen LogP contribution in [0.4, 0.5) is 0 Å². The van der Waals surface area contributed by atoms with Crippen molar-refractivity contribution < 1.29 is 47.8 Å². The molecule has 0 radical (unpaired) electrons. The maximum Gasteiger partial charge on any atom is 0.472 e. The molecule has 0 bridgehead atoms. The summed E-state index contributed by atoms with van der Waals surface area (Å²) in [6, 6.07) is 0. The lowest BCUT2D eigenvalue weighted by molar-refractivity contribution is -0.161. The Hall–Kier alpha value is -2.33. The van der Waals surface area contributed by atoms with Crippen LogP contribution in [-0.2, 0) is 32.7 Å². The van der Waals surface area contributed by atoms with E-state index in [4.69, 9.17) is 19.1 Å². The Labute approximate surface area is 334 Å². The molecule has 0 aromatic heterocycles. The smallest absolute Gasteiger partial charge is 0.462 e. The van der Waals surface area contributed by atoms with Gasteiger partial charge >= 0.3 is 19.8 Å². The lowest BCUT2D eigenvalue weighted by Crippen LogP contribution is -2.29. The third-order valence-corrected chi connectivity index (χ3v) is 9.60. The lowest BCUT2D eigenvalue weighted by Gasteiger charge is -2.20. The first-order chi connectivity index (χ1) is 26.7. The van der Waals surface area contributed by atoms with Crippen LogP contribution in [0.2, 0.25) is 0 Å². The predicted octanol–water partition coefficient (Wildman–Crippen LogP) is 11.1. The zero-order chi connectivity index (χ0) is 40.5. The van der Waals surface area contributed by atoms with E-state index in [-0.39, 0.29) is 19.4 Å². The van der Waals surface area contributed by atoms with E-state index in [0.717, 1.165) is 44.9 Å². The molecule has 0 spiro atoms. The Morgan fingerprint density at radius 1 is 0.545 bits per heavy atom. The minimum absolute atomic E-state index is 0.104. The van der Waals surface area contributed by atoms with Crippen molar-refractivity contribution in [2.24, 2.45) is 0 Å². The monoisotopic (exact) mass is 797 g/mol. The topological polar surface area (TPSA) is 149 Å². The highest BCUT2D eigenvalue weighted by Crippen LogP contribution is 2.43. The van der Waals surface area contributed by atoms with Crippen molar-refractivity contribution in [3.63, 3.8) is 0 Å². The van der Waals surface area contributed by atoms with Gasteiger partial charge in [-0.3, -0.25) is 18.6 Å². The highest BCUT2D eigenvalue weighted by molar-refractivity contribution is 7.47. The van der Waals surface area contributed by atoms with Crippen LogP contribution in [0.5, 0.6) is 0 Å². The molecule has 0 saturated heterocycles. The van der Waals surface area contributed by atoms with Crippen molar-refractivity contribution in [2.45, 2.75) is 180 Å². The van der Waals surface area contributed by atoms with Gasteiger partial charge in [-0.25, -0.2) is 4.57 Å². The normalized spacial score (nSPS) is 14.5. The number of hydrogen-bond donors (Lipinski definition) is 3. The second-order valence-electron chi connectivity index (χ2n) is 14.0. The summed E-state index contributed by atoms with van der Waals surface area (Å²) in [4.78, 5) is 34.9. The number of carbonyl (C=O) groups excluding carboxylic acids is 2. The minimum Gasteiger partial charge on any atom is -0.462 e. The minimum atomic E-state index is -4.64. The molecule has 0 aliphatic carbocycles. The fourth-order valence-corrected chi connectivity index (χ4v) is 6.12. The first-order valence-electron chi connectivity index (χ1n) is 21.2. The van der Waals surface area contributed by atoms with Crippen molar-refractivity contribution in [1.82, 2.24) is 0 Å². The quantitative estimate of drug-likeness (QED) is 0.0237. The summed E-state index contributed by atoms with van der Waals surface area (Å²) < 4.78 is 32.6. The number of aliphatic hydroxyl groups excluding tert-OH is 2. The van der Waals surface area contributed by atoms with Gasteiger partial charge in [-0.05, 0) is 77.0 Å². The fourth-order valence-electron chi connectivity index (χ4n) is 5.33. The van der Waals surface area contributed by atoms with Crippen LogP contribution in [0.3, 0.4) is 0 Å². The molecule has 3 N–H and O–H groups in total. The summed E-state index contributed by atoms with van der Waals surface area (Å²) >= 11 is 0. The number of phosphoric ester groups is 1. The van der Waals surface area contributed by atoms with Gasteiger partial charge in [0.25, 0.3) is 0 Å². The summed E-state index contributed by atoms with van der Waals surface area (Å²) in [5.41, 5.74) is 0. The van der Waals surface area contributed by atoms with Gasteiger partial charge in [0, 0.05) is 12.8 Å². The van der Waals surface area contributed by atoms with Gasteiger partial charge in [-0.15, -0.1) is 0 Å². The maximum atomic E-state index is 12.6. The van der Waals surface area contributed by atoms with Gasteiger partial charge < -0.3 is 24.6 Å². The van der Waals surface area contributed by atoms with Gasteiger partial charge in [-0.2, -0.15) is 0 Å². The van der Waals surface area contributed by atoms with Gasteiger partial charge in [0.05, 0.1) is 19.8 Å². The van der Waals surface area contributed by atoms with E-state index in [1.54, 1.807) is 0 Å². The zero-order valence-corrected chi connectivity index (χ0v) is 35.3. The predicted molar refractivity (Wildman–Crippen MR) is 224 cm³/mol. The van der Waals surface area contributed by atoms with Crippen LogP contribution in [0, 0.1) is 0 Å². The van der Waals surface area contributed by atoms with Crippen LogP contribution in [-0.4, -0.2) is 65.7 Å². The number of ether oxygens (including phenoxy) is 2. The average Bonchev–Trinajstić information content (AvgIpc) is 3.17. The van der Waals surface area contributed by atoms with Crippen LogP contribution < -0.4 is 0 Å². The summed E-state index contributed by atoms with van der Waals surface area (Å²) in [5, 5.41) is 18.3. The number of allylic oxidation sites excluding steroid dienone is 10. The fraction of sp³-hybridized carbons (Fsp3) is 0.727. The van der Waals surface area contributed by atoms with Crippen LogP contribution in [0.25, 0.3) is 0 Å². The summed E-state index contributed by atoms with van der Waals surface area (Å²) in [6.07, 6.45) is 43.4.